The van der Waals surface area contributed by atoms with Crippen molar-refractivity contribution >= 4 is 8.07 Å². The molecule has 0 unspecified atom stereocenters. The molecular formula is C8H17F3OSi. The van der Waals surface area contributed by atoms with E-state index in [9.17, 15) is 13.2 Å². The predicted octanol–water partition coefficient (Wildman–Crippen LogP) is 3.22. The Morgan fingerprint density at radius 3 is 1.38 bits per heavy atom. The van der Waals surface area contributed by atoms with E-state index in [0.717, 1.165) is 13.2 Å². The van der Waals surface area contributed by atoms with Crippen molar-refractivity contribution in [2.75, 3.05) is 13.2 Å². The molecule has 0 atom stereocenters. The average molecular weight is 214 g/mol. The van der Waals surface area contributed by atoms with E-state index in [4.69, 9.17) is 4.74 Å². The van der Waals surface area contributed by atoms with Gasteiger partial charge in [-0.3, -0.25) is 0 Å². The van der Waals surface area contributed by atoms with Gasteiger partial charge in [0.05, 0.1) is 0 Å². The van der Waals surface area contributed by atoms with Gasteiger partial charge in [0.15, 0.2) is 8.07 Å². The van der Waals surface area contributed by atoms with Crippen LogP contribution in [-0.4, -0.2) is 27.1 Å². The maximum absolute atomic E-state index is 11.6. The lowest BCUT2D eigenvalue weighted by Gasteiger charge is -2.19. The molecule has 0 saturated carbocycles. The minimum atomic E-state index is -3.92. The lowest BCUT2D eigenvalue weighted by molar-refractivity contribution is -0.0552. The topological polar surface area (TPSA) is 9.23 Å². The van der Waals surface area contributed by atoms with Crippen molar-refractivity contribution in [1.82, 2.24) is 0 Å². The van der Waals surface area contributed by atoms with E-state index in [1.807, 2.05) is 0 Å². The summed E-state index contributed by atoms with van der Waals surface area (Å²) in [5.74, 6) is -3.92. The molecule has 1 rings (SSSR count). The molecule has 1 nitrogen and oxygen atoms in total. The van der Waals surface area contributed by atoms with Crippen LogP contribution in [-0.2, 0) is 4.74 Å². The highest BCUT2D eigenvalue weighted by atomic mass is 28.3. The van der Waals surface area contributed by atoms with Crippen molar-refractivity contribution in [2.45, 2.75) is 38.3 Å². The van der Waals surface area contributed by atoms with Crippen LogP contribution in [0.15, 0.2) is 0 Å². The largest absolute Gasteiger partial charge is 0.381 e. The Kier molecular flexibility index (Phi) is 4.99. The van der Waals surface area contributed by atoms with Crippen LogP contribution in [0.1, 0.15) is 12.8 Å². The van der Waals surface area contributed by atoms with Gasteiger partial charge in [0.25, 0.3) is 0 Å². The zero-order valence-electron chi connectivity index (χ0n) is 8.37. The molecule has 0 amide bonds. The molecule has 1 saturated heterocycles. The molecule has 13 heavy (non-hydrogen) atoms. The summed E-state index contributed by atoms with van der Waals surface area (Å²) in [4.78, 5) is 0. The number of halogens is 3. The highest BCUT2D eigenvalue weighted by molar-refractivity contribution is 6.77. The highest BCUT2D eigenvalue weighted by Gasteiger charge is 2.44. The van der Waals surface area contributed by atoms with E-state index < -0.39 is 13.9 Å². The summed E-state index contributed by atoms with van der Waals surface area (Å²) in [7, 11) is -2.86. The minimum absolute atomic E-state index is 1.00. The second-order valence-corrected chi connectivity index (χ2v) is 9.13. The van der Waals surface area contributed by atoms with E-state index in [-0.39, 0.29) is 0 Å². The van der Waals surface area contributed by atoms with E-state index >= 15 is 0 Å². The lowest BCUT2D eigenvalue weighted by atomic mass is 10.4. The molecule has 80 valence electrons. The van der Waals surface area contributed by atoms with Crippen LogP contribution >= 0.6 is 0 Å². The van der Waals surface area contributed by atoms with Crippen molar-refractivity contribution in [3.63, 3.8) is 0 Å². The van der Waals surface area contributed by atoms with Gasteiger partial charge in [-0.2, -0.15) is 13.2 Å². The van der Waals surface area contributed by atoms with Crippen LogP contribution in [0.2, 0.25) is 19.6 Å². The zero-order chi connectivity index (χ0) is 10.5. The quantitative estimate of drug-likeness (QED) is 0.563. The van der Waals surface area contributed by atoms with Crippen LogP contribution < -0.4 is 0 Å². The zero-order valence-corrected chi connectivity index (χ0v) is 9.37. The predicted molar refractivity (Wildman–Crippen MR) is 49.5 cm³/mol. The Bertz CT molecular complexity index is 116. The number of hydrogen-bond acceptors (Lipinski definition) is 1. The SMILES string of the molecule is C1CCOC1.C[Si](C)(C)C(F)(F)F. The molecule has 5 heteroatoms. The number of rotatable bonds is 0. The van der Waals surface area contributed by atoms with Crippen LogP contribution in [0.4, 0.5) is 13.2 Å². The van der Waals surface area contributed by atoms with Crippen molar-refractivity contribution in [3.8, 4) is 0 Å². The third-order valence-corrected chi connectivity index (χ3v) is 3.38. The molecule has 1 aliphatic rings. The normalized spacial score (nSPS) is 18.0. The monoisotopic (exact) mass is 214 g/mol. The summed E-state index contributed by atoms with van der Waals surface area (Å²) in [6.45, 7) is 5.85. The fraction of sp³-hybridized carbons (Fsp3) is 1.00. The van der Waals surface area contributed by atoms with E-state index in [1.165, 1.54) is 32.5 Å². The highest BCUT2D eigenvalue weighted by Crippen LogP contribution is 2.27. The van der Waals surface area contributed by atoms with Gasteiger partial charge in [0.1, 0.15) is 0 Å². The van der Waals surface area contributed by atoms with Crippen molar-refractivity contribution in [2.24, 2.45) is 0 Å². The Balaban J connectivity index is 0.000000243. The molecule has 0 spiro atoms. The summed E-state index contributed by atoms with van der Waals surface area (Å²) in [6, 6.07) is 0. The fourth-order valence-corrected chi connectivity index (χ4v) is 0.510. The van der Waals surface area contributed by atoms with Gasteiger partial charge in [0.2, 0.25) is 0 Å². The van der Waals surface area contributed by atoms with Gasteiger partial charge >= 0.3 is 5.80 Å². The van der Waals surface area contributed by atoms with Crippen molar-refractivity contribution in [1.29, 1.82) is 0 Å². The molecule has 0 aromatic rings. The first-order valence-corrected chi connectivity index (χ1v) is 7.89. The summed E-state index contributed by atoms with van der Waals surface area (Å²) in [5, 5.41) is 0. The second-order valence-electron chi connectivity index (χ2n) is 4.07. The summed E-state index contributed by atoms with van der Waals surface area (Å²) >= 11 is 0. The molecule has 1 aliphatic heterocycles. The molecule has 0 aromatic carbocycles. The Morgan fingerprint density at radius 1 is 1.00 bits per heavy atom. The maximum atomic E-state index is 11.6. The first-order valence-electron chi connectivity index (χ1n) is 4.39. The molecule has 0 radical (unpaired) electrons. The minimum Gasteiger partial charge on any atom is -0.381 e. The van der Waals surface area contributed by atoms with Gasteiger partial charge in [-0.05, 0) is 12.8 Å². The Morgan fingerprint density at radius 2 is 1.31 bits per heavy atom. The first kappa shape index (κ1) is 13.0. The van der Waals surface area contributed by atoms with Gasteiger partial charge in [0, 0.05) is 13.2 Å². The van der Waals surface area contributed by atoms with E-state index in [0.29, 0.717) is 0 Å². The van der Waals surface area contributed by atoms with E-state index in [2.05, 4.69) is 0 Å². The number of ether oxygens (including phenoxy) is 1. The molecule has 1 heterocycles. The summed E-state index contributed by atoms with van der Waals surface area (Å²) in [5.41, 5.74) is 0. The average Bonchev–Trinajstić information content (AvgIpc) is 2.35. The number of hydrogen-bond donors (Lipinski definition) is 0. The molecule has 0 aliphatic carbocycles. The maximum Gasteiger partial charge on any atom is 0.360 e. The molecule has 1 fully saturated rings. The molecule has 0 bridgehead atoms. The second kappa shape index (κ2) is 5.00. The third kappa shape index (κ3) is 6.09. The summed E-state index contributed by atoms with van der Waals surface area (Å²) in [6.07, 6.45) is 2.56. The smallest absolute Gasteiger partial charge is 0.360 e. The van der Waals surface area contributed by atoms with Gasteiger partial charge in [-0.15, -0.1) is 0 Å². The van der Waals surface area contributed by atoms with Gasteiger partial charge < -0.3 is 4.74 Å². The lowest BCUT2D eigenvalue weighted by Crippen LogP contribution is -2.40. The summed E-state index contributed by atoms with van der Waals surface area (Å²) < 4.78 is 39.8. The molecule has 0 aromatic heterocycles. The third-order valence-electron chi connectivity index (χ3n) is 1.68. The van der Waals surface area contributed by atoms with Crippen LogP contribution in [0.5, 0.6) is 0 Å². The fourth-order valence-electron chi connectivity index (χ4n) is 0.510. The van der Waals surface area contributed by atoms with E-state index in [1.54, 1.807) is 0 Å². The van der Waals surface area contributed by atoms with Crippen LogP contribution in [0.3, 0.4) is 0 Å². The Labute approximate surface area is 78.3 Å². The van der Waals surface area contributed by atoms with Crippen LogP contribution in [0.25, 0.3) is 0 Å². The van der Waals surface area contributed by atoms with Gasteiger partial charge in [-0.25, -0.2) is 0 Å². The molecular weight excluding hydrogens is 197 g/mol. The van der Waals surface area contributed by atoms with Gasteiger partial charge in [-0.1, -0.05) is 19.6 Å². The molecule has 0 N–H and O–H groups in total. The van der Waals surface area contributed by atoms with Crippen molar-refractivity contribution < 1.29 is 17.9 Å². The Hall–Kier alpha value is -0.0331. The van der Waals surface area contributed by atoms with Crippen LogP contribution in [0, 0.1) is 0 Å². The standard InChI is InChI=1S/C4H9F3Si.C4H8O/c1-8(2,3)4(5,6)7;1-2-4-5-3-1/h1-3H3;1-4H2. The number of alkyl halides is 3. The van der Waals surface area contributed by atoms with Crippen molar-refractivity contribution in [3.05, 3.63) is 0 Å². The first-order chi connectivity index (χ1) is 5.75.